The molecule has 0 atom stereocenters. The number of rotatable bonds is 4. The standard InChI is InChI=1S/C11H10ClN3O4/c1-6(16)11(7(2)17)14-13-8-3-4-9(12)10(5-8)15(18)19/h3-5,16H,1-2H3. The third-order valence-corrected chi connectivity index (χ3v) is 2.39. The molecule has 0 heterocycles. The van der Waals surface area contributed by atoms with Crippen LogP contribution >= 0.6 is 11.6 Å². The van der Waals surface area contributed by atoms with Crippen molar-refractivity contribution in [3.05, 3.63) is 44.8 Å². The summed E-state index contributed by atoms with van der Waals surface area (Å²) in [6.45, 7) is 2.51. The van der Waals surface area contributed by atoms with Gasteiger partial charge in [0.15, 0.2) is 11.5 Å². The summed E-state index contributed by atoms with van der Waals surface area (Å²) >= 11 is 5.64. The van der Waals surface area contributed by atoms with Crippen molar-refractivity contribution < 1.29 is 14.8 Å². The fraction of sp³-hybridized carbons (Fsp3) is 0.182. The van der Waals surface area contributed by atoms with Crippen molar-refractivity contribution >= 4 is 28.8 Å². The zero-order chi connectivity index (χ0) is 14.6. The summed E-state index contributed by atoms with van der Waals surface area (Å²) in [6, 6.07) is 3.83. The second kappa shape index (κ2) is 6.05. The number of ketones is 1. The van der Waals surface area contributed by atoms with E-state index in [-0.39, 0.29) is 27.9 Å². The molecule has 7 nitrogen and oxygen atoms in total. The number of allylic oxidation sites excluding steroid dienone is 2. The van der Waals surface area contributed by atoms with Gasteiger partial charge < -0.3 is 5.11 Å². The number of hydrogen-bond acceptors (Lipinski definition) is 6. The number of aliphatic hydroxyl groups excluding tert-OH is 1. The second-order valence-corrected chi connectivity index (χ2v) is 3.99. The summed E-state index contributed by atoms with van der Waals surface area (Å²) in [5, 5.41) is 27.1. The van der Waals surface area contributed by atoms with E-state index in [1.807, 2.05) is 0 Å². The predicted molar refractivity (Wildman–Crippen MR) is 68.6 cm³/mol. The van der Waals surface area contributed by atoms with E-state index in [0.29, 0.717) is 0 Å². The van der Waals surface area contributed by atoms with E-state index in [4.69, 9.17) is 11.6 Å². The van der Waals surface area contributed by atoms with Gasteiger partial charge in [0.2, 0.25) is 0 Å². The van der Waals surface area contributed by atoms with Crippen molar-refractivity contribution in [3.8, 4) is 0 Å². The van der Waals surface area contributed by atoms with E-state index in [1.165, 1.54) is 26.0 Å². The third-order valence-electron chi connectivity index (χ3n) is 2.07. The highest BCUT2D eigenvalue weighted by molar-refractivity contribution is 6.32. The Kier molecular flexibility index (Phi) is 4.71. The molecule has 0 aromatic heterocycles. The van der Waals surface area contributed by atoms with E-state index in [1.54, 1.807) is 0 Å². The molecule has 0 bridgehead atoms. The Labute approximate surface area is 113 Å². The van der Waals surface area contributed by atoms with E-state index in [2.05, 4.69) is 10.2 Å². The molecule has 0 aliphatic rings. The van der Waals surface area contributed by atoms with E-state index in [9.17, 15) is 20.0 Å². The summed E-state index contributed by atoms with van der Waals surface area (Å²) in [5.74, 6) is -0.744. The van der Waals surface area contributed by atoms with Gasteiger partial charge in [0.25, 0.3) is 5.69 Å². The average molecular weight is 284 g/mol. The first-order chi connectivity index (χ1) is 8.82. The van der Waals surface area contributed by atoms with Crippen molar-refractivity contribution in [2.45, 2.75) is 13.8 Å². The maximum Gasteiger partial charge on any atom is 0.290 e. The fourth-order valence-electron chi connectivity index (χ4n) is 1.21. The Morgan fingerprint density at radius 3 is 2.53 bits per heavy atom. The van der Waals surface area contributed by atoms with Gasteiger partial charge >= 0.3 is 0 Å². The molecule has 0 fully saturated rings. The SMILES string of the molecule is CC(=O)C(N=Nc1ccc(Cl)c([N+](=O)[O-])c1)=C(C)O. The van der Waals surface area contributed by atoms with Crippen LogP contribution < -0.4 is 0 Å². The van der Waals surface area contributed by atoms with Gasteiger partial charge in [0.1, 0.15) is 10.8 Å². The molecular formula is C11H10ClN3O4. The van der Waals surface area contributed by atoms with Crippen molar-refractivity contribution in [2.24, 2.45) is 10.2 Å². The van der Waals surface area contributed by atoms with Gasteiger partial charge in [0, 0.05) is 13.0 Å². The Morgan fingerprint density at radius 1 is 1.42 bits per heavy atom. The average Bonchev–Trinajstić information content (AvgIpc) is 2.30. The van der Waals surface area contributed by atoms with Crippen LogP contribution in [0, 0.1) is 10.1 Å². The van der Waals surface area contributed by atoms with Crippen molar-refractivity contribution in [3.63, 3.8) is 0 Å². The lowest BCUT2D eigenvalue weighted by Gasteiger charge is -1.98. The number of azo groups is 1. The zero-order valence-corrected chi connectivity index (χ0v) is 10.9. The Balaban J connectivity index is 3.13. The molecule has 8 heteroatoms. The van der Waals surface area contributed by atoms with Gasteiger partial charge in [0.05, 0.1) is 10.6 Å². The topological polar surface area (TPSA) is 105 Å². The minimum Gasteiger partial charge on any atom is -0.510 e. The summed E-state index contributed by atoms with van der Waals surface area (Å²) in [5.41, 5.74) is -0.374. The molecule has 0 aliphatic heterocycles. The number of halogens is 1. The normalized spacial score (nSPS) is 12.4. The van der Waals surface area contributed by atoms with Crippen LogP contribution in [0.15, 0.2) is 39.9 Å². The molecule has 1 rings (SSSR count). The fourth-order valence-corrected chi connectivity index (χ4v) is 1.39. The number of carbonyl (C=O) groups is 1. The van der Waals surface area contributed by atoms with Crippen molar-refractivity contribution in [2.75, 3.05) is 0 Å². The molecule has 0 saturated heterocycles. The molecule has 100 valence electrons. The third kappa shape index (κ3) is 3.85. The molecule has 0 aliphatic carbocycles. The Morgan fingerprint density at radius 2 is 2.05 bits per heavy atom. The maximum absolute atomic E-state index is 11.1. The highest BCUT2D eigenvalue weighted by atomic mass is 35.5. The number of aliphatic hydroxyl groups is 1. The van der Waals surface area contributed by atoms with Crippen LogP contribution in [0.2, 0.25) is 5.02 Å². The van der Waals surface area contributed by atoms with Gasteiger partial charge in [-0.2, -0.15) is 5.11 Å². The number of nitrogens with zero attached hydrogens (tertiary/aromatic N) is 3. The molecule has 0 spiro atoms. The van der Waals surface area contributed by atoms with Crippen LogP contribution in [0.5, 0.6) is 0 Å². The zero-order valence-electron chi connectivity index (χ0n) is 10.1. The van der Waals surface area contributed by atoms with Crippen molar-refractivity contribution in [1.29, 1.82) is 0 Å². The highest BCUT2D eigenvalue weighted by Crippen LogP contribution is 2.29. The monoisotopic (exact) mass is 283 g/mol. The van der Waals surface area contributed by atoms with Gasteiger partial charge in [-0.1, -0.05) is 11.6 Å². The molecule has 19 heavy (non-hydrogen) atoms. The highest BCUT2D eigenvalue weighted by Gasteiger charge is 2.13. The quantitative estimate of drug-likeness (QED) is 0.299. The first kappa shape index (κ1) is 14.8. The van der Waals surface area contributed by atoms with Gasteiger partial charge in [-0.15, -0.1) is 5.11 Å². The Hall–Kier alpha value is -2.28. The summed E-state index contributed by atoms with van der Waals surface area (Å²) in [7, 11) is 0. The van der Waals surface area contributed by atoms with E-state index in [0.717, 1.165) is 6.07 Å². The van der Waals surface area contributed by atoms with Crippen LogP contribution in [-0.4, -0.2) is 15.8 Å². The predicted octanol–water partition coefficient (Wildman–Crippen LogP) is 3.71. The molecular weight excluding hydrogens is 274 g/mol. The van der Waals surface area contributed by atoms with E-state index >= 15 is 0 Å². The smallest absolute Gasteiger partial charge is 0.290 e. The molecule has 0 saturated carbocycles. The van der Waals surface area contributed by atoms with Gasteiger partial charge in [-0.05, 0) is 19.1 Å². The summed E-state index contributed by atoms with van der Waals surface area (Å²) in [4.78, 5) is 21.2. The van der Waals surface area contributed by atoms with Gasteiger partial charge in [-0.25, -0.2) is 0 Å². The number of hydrogen-bond donors (Lipinski definition) is 1. The van der Waals surface area contributed by atoms with Crippen LogP contribution in [0.4, 0.5) is 11.4 Å². The number of benzene rings is 1. The summed E-state index contributed by atoms with van der Waals surface area (Å²) < 4.78 is 0. The van der Waals surface area contributed by atoms with Gasteiger partial charge in [-0.3, -0.25) is 14.9 Å². The van der Waals surface area contributed by atoms with Crippen molar-refractivity contribution in [1.82, 2.24) is 0 Å². The number of nitro groups is 1. The molecule has 0 unspecified atom stereocenters. The van der Waals surface area contributed by atoms with Crippen LogP contribution in [0.3, 0.4) is 0 Å². The number of Topliss-reactive ketones (excluding diaryl/α,β-unsaturated/α-hetero) is 1. The van der Waals surface area contributed by atoms with Crippen LogP contribution in [-0.2, 0) is 4.79 Å². The largest absolute Gasteiger partial charge is 0.510 e. The Bertz CT molecular complexity index is 592. The number of nitro benzene ring substituents is 1. The van der Waals surface area contributed by atoms with Crippen LogP contribution in [0.1, 0.15) is 13.8 Å². The molecule has 1 N–H and O–H groups in total. The number of carbonyl (C=O) groups excluding carboxylic acids is 1. The molecule has 0 radical (unpaired) electrons. The first-order valence-electron chi connectivity index (χ1n) is 5.09. The lowest BCUT2D eigenvalue weighted by atomic mass is 10.3. The van der Waals surface area contributed by atoms with E-state index < -0.39 is 10.7 Å². The summed E-state index contributed by atoms with van der Waals surface area (Å²) in [6.07, 6.45) is 0. The minimum atomic E-state index is -0.652. The second-order valence-electron chi connectivity index (χ2n) is 3.58. The minimum absolute atomic E-state index is 0.0235. The van der Waals surface area contributed by atoms with Crippen LogP contribution in [0.25, 0.3) is 0 Å². The first-order valence-corrected chi connectivity index (χ1v) is 5.47. The maximum atomic E-state index is 11.1. The lowest BCUT2D eigenvalue weighted by Crippen LogP contribution is -1.96. The lowest BCUT2D eigenvalue weighted by molar-refractivity contribution is -0.384. The molecule has 1 aromatic rings. The molecule has 1 aromatic carbocycles. The molecule has 0 amide bonds.